The summed E-state index contributed by atoms with van der Waals surface area (Å²) in [6.45, 7) is 6.98. The zero-order valence-corrected chi connectivity index (χ0v) is 22.6. The van der Waals surface area contributed by atoms with E-state index in [-0.39, 0.29) is 22.8 Å². The van der Waals surface area contributed by atoms with Crippen LogP contribution in [0.3, 0.4) is 0 Å². The van der Waals surface area contributed by atoms with Crippen molar-refractivity contribution in [1.29, 1.82) is 0 Å². The third-order valence-electron chi connectivity index (χ3n) is 10.2. The first kappa shape index (κ1) is 24.3. The molecule has 198 valence electrons. The summed E-state index contributed by atoms with van der Waals surface area (Å²) in [4.78, 5) is 20.1. The zero-order valence-electron chi connectivity index (χ0n) is 21.8. The van der Waals surface area contributed by atoms with Gasteiger partial charge in [0, 0.05) is 41.3 Å². The van der Waals surface area contributed by atoms with Crippen molar-refractivity contribution in [3.63, 3.8) is 0 Å². The molecule has 7 heteroatoms. The van der Waals surface area contributed by atoms with E-state index in [2.05, 4.69) is 28.2 Å². The monoisotopic (exact) mass is 523 g/mol. The Morgan fingerprint density at radius 3 is 2.62 bits per heavy atom. The largest absolute Gasteiger partial charge is 0.381 e. The molecule has 4 heterocycles. The van der Waals surface area contributed by atoms with Crippen molar-refractivity contribution in [3.05, 3.63) is 35.0 Å². The summed E-state index contributed by atoms with van der Waals surface area (Å²) in [5.74, 6) is 2.08. The van der Waals surface area contributed by atoms with Crippen molar-refractivity contribution in [2.75, 3.05) is 38.2 Å². The van der Waals surface area contributed by atoms with Gasteiger partial charge in [0.2, 0.25) is 5.91 Å². The van der Waals surface area contributed by atoms with Gasteiger partial charge in [-0.25, -0.2) is 4.98 Å². The average molecular weight is 524 g/mol. The van der Waals surface area contributed by atoms with Crippen LogP contribution in [0.4, 0.5) is 5.82 Å². The highest BCUT2D eigenvalue weighted by Crippen LogP contribution is 2.59. The summed E-state index contributed by atoms with van der Waals surface area (Å²) >= 11 is 6.80. The zero-order chi connectivity index (χ0) is 25.2. The van der Waals surface area contributed by atoms with Gasteiger partial charge < -0.3 is 14.8 Å². The number of aromatic nitrogens is 1. The number of amides is 1. The lowest BCUT2D eigenvalue weighted by Gasteiger charge is -2.42. The number of benzene rings is 1. The number of carbonyl (C=O) groups is 1. The molecule has 2 saturated carbocycles. The predicted octanol–water partition coefficient (Wildman–Crippen LogP) is 5.78. The second kappa shape index (κ2) is 9.18. The van der Waals surface area contributed by atoms with E-state index in [4.69, 9.17) is 21.1 Å². The van der Waals surface area contributed by atoms with Crippen LogP contribution in [0.25, 0.3) is 10.8 Å². The molecule has 7 rings (SSSR count). The molecule has 3 aliphatic heterocycles. The molecule has 3 saturated heterocycles. The van der Waals surface area contributed by atoms with Gasteiger partial charge in [-0.3, -0.25) is 9.69 Å². The van der Waals surface area contributed by atoms with Gasteiger partial charge in [0.15, 0.2) is 0 Å². The number of carbonyl (C=O) groups excluding carboxylic acids is 1. The molecule has 5 aliphatic rings. The lowest BCUT2D eigenvalue weighted by atomic mass is 9.85. The van der Waals surface area contributed by atoms with Gasteiger partial charge in [-0.05, 0) is 118 Å². The van der Waals surface area contributed by atoms with Crippen LogP contribution in [0.5, 0.6) is 0 Å². The third kappa shape index (κ3) is 4.58. The van der Waals surface area contributed by atoms with Crippen molar-refractivity contribution in [3.8, 4) is 0 Å². The molecular formula is C30H38ClN3O3. The first-order chi connectivity index (χ1) is 17.9. The number of likely N-dealkylation sites (tertiary alicyclic amines) is 1. The minimum atomic E-state index is 0.0894. The normalized spacial score (nSPS) is 32.2. The maximum absolute atomic E-state index is 13.0. The maximum atomic E-state index is 13.0. The Morgan fingerprint density at radius 2 is 1.86 bits per heavy atom. The van der Waals surface area contributed by atoms with E-state index in [0.717, 1.165) is 86.7 Å². The Morgan fingerprint density at radius 1 is 1.08 bits per heavy atom. The molecule has 1 spiro atoms. The maximum Gasteiger partial charge on any atom is 0.229 e. The molecule has 1 aromatic carbocycles. The van der Waals surface area contributed by atoms with Crippen LogP contribution in [0.1, 0.15) is 69.8 Å². The van der Waals surface area contributed by atoms with E-state index in [9.17, 15) is 4.79 Å². The van der Waals surface area contributed by atoms with E-state index in [0.29, 0.717) is 17.8 Å². The van der Waals surface area contributed by atoms with Crippen LogP contribution in [0.2, 0.25) is 5.02 Å². The number of hydrogen-bond donors (Lipinski definition) is 1. The lowest BCUT2D eigenvalue weighted by molar-refractivity contribution is -0.118. The molecule has 2 aliphatic carbocycles. The molecule has 6 nitrogen and oxygen atoms in total. The van der Waals surface area contributed by atoms with Crippen LogP contribution in [0.15, 0.2) is 24.4 Å². The minimum Gasteiger partial charge on any atom is -0.381 e. The number of nitrogens with zero attached hydrogens (tertiary/aromatic N) is 2. The molecule has 37 heavy (non-hydrogen) atoms. The topological polar surface area (TPSA) is 63.7 Å². The molecule has 1 N–H and O–H groups in total. The number of piperidine rings is 1. The molecule has 0 unspecified atom stereocenters. The highest BCUT2D eigenvalue weighted by molar-refractivity contribution is 6.32. The van der Waals surface area contributed by atoms with Gasteiger partial charge in [-0.2, -0.15) is 0 Å². The fourth-order valence-electron chi connectivity index (χ4n) is 7.39. The van der Waals surface area contributed by atoms with Gasteiger partial charge in [-0.1, -0.05) is 11.6 Å². The summed E-state index contributed by atoms with van der Waals surface area (Å²) in [7, 11) is 0. The molecule has 5 fully saturated rings. The molecule has 1 amide bonds. The third-order valence-corrected chi connectivity index (χ3v) is 10.5. The highest BCUT2D eigenvalue weighted by Gasteiger charge is 2.58. The van der Waals surface area contributed by atoms with E-state index in [1.165, 1.54) is 24.8 Å². The fourth-order valence-corrected chi connectivity index (χ4v) is 7.71. The summed E-state index contributed by atoms with van der Waals surface area (Å²) < 4.78 is 11.7. The van der Waals surface area contributed by atoms with Crippen LogP contribution >= 0.6 is 11.6 Å². The summed E-state index contributed by atoms with van der Waals surface area (Å²) in [6, 6.07) is 6.29. The summed E-state index contributed by atoms with van der Waals surface area (Å²) in [5.41, 5.74) is 1.56. The molecule has 0 radical (unpaired) electrons. The van der Waals surface area contributed by atoms with Gasteiger partial charge in [0.25, 0.3) is 0 Å². The van der Waals surface area contributed by atoms with E-state index in [1.807, 2.05) is 18.3 Å². The van der Waals surface area contributed by atoms with Gasteiger partial charge in [0.05, 0.1) is 12.7 Å². The summed E-state index contributed by atoms with van der Waals surface area (Å²) in [5, 5.41) is 6.03. The first-order valence-electron chi connectivity index (χ1n) is 14.3. The second-order valence-electron chi connectivity index (χ2n) is 12.7. The number of rotatable bonds is 5. The van der Waals surface area contributed by atoms with Crippen molar-refractivity contribution in [1.82, 2.24) is 9.88 Å². The molecule has 3 atom stereocenters. The Hall–Kier alpha value is -1.73. The SMILES string of the molecule is C[C@]1(N2CCC(c3cc4cc(NC(=O)[C@H]5CC56CCOCC6)ncc4cc3Cl)CC2)CO[C@@H](C2CC2)C1. The van der Waals surface area contributed by atoms with Crippen molar-refractivity contribution in [2.24, 2.45) is 17.3 Å². The number of hydrogen-bond acceptors (Lipinski definition) is 5. The Kier molecular flexibility index (Phi) is 6.04. The molecule has 1 aromatic heterocycles. The van der Waals surface area contributed by atoms with Crippen LogP contribution < -0.4 is 5.32 Å². The fraction of sp³-hybridized carbons (Fsp3) is 0.667. The van der Waals surface area contributed by atoms with Gasteiger partial charge in [-0.15, -0.1) is 0 Å². The molecular weight excluding hydrogens is 486 g/mol. The predicted molar refractivity (Wildman–Crippen MR) is 145 cm³/mol. The number of halogens is 1. The van der Waals surface area contributed by atoms with Crippen LogP contribution in [0, 0.1) is 17.3 Å². The van der Waals surface area contributed by atoms with Gasteiger partial charge >= 0.3 is 0 Å². The smallest absolute Gasteiger partial charge is 0.229 e. The number of pyridine rings is 1. The first-order valence-corrected chi connectivity index (χ1v) is 14.6. The van der Waals surface area contributed by atoms with Gasteiger partial charge in [0.1, 0.15) is 5.82 Å². The Balaban J connectivity index is 1.02. The number of ether oxygens (including phenoxy) is 2. The average Bonchev–Trinajstić information content (AvgIpc) is 3.83. The van der Waals surface area contributed by atoms with E-state index < -0.39 is 0 Å². The van der Waals surface area contributed by atoms with Crippen LogP contribution in [-0.4, -0.2) is 60.3 Å². The Labute approximate surface area is 224 Å². The van der Waals surface area contributed by atoms with Crippen molar-refractivity contribution in [2.45, 2.75) is 75.9 Å². The second-order valence-corrected chi connectivity index (χ2v) is 13.1. The van der Waals surface area contributed by atoms with E-state index in [1.54, 1.807) is 0 Å². The molecule has 0 bridgehead atoms. The minimum absolute atomic E-state index is 0.0894. The number of nitrogens with one attached hydrogen (secondary N) is 1. The van der Waals surface area contributed by atoms with E-state index >= 15 is 0 Å². The Bertz CT molecular complexity index is 1200. The standard InChI is InChI=1S/C30H38ClN3O3/c1-29(16-26(37-18-29)20-2-3-20)34-8-4-19(5-9-34)23-12-21-14-27(32-17-22(21)13-25(23)31)33-28(35)24-15-30(24)6-10-36-11-7-30/h12-14,17,19-20,24,26H,2-11,15-16,18H2,1H3,(H,32,33,35)/t24-,26-,29-/m1/s1. The quantitative estimate of drug-likeness (QED) is 0.538. The number of fused-ring (bicyclic) bond motifs is 1. The summed E-state index contributed by atoms with van der Waals surface area (Å²) in [6.07, 6.45) is 11.3. The van der Waals surface area contributed by atoms with Crippen molar-refractivity contribution < 1.29 is 14.3 Å². The lowest BCUT2D eigenvalue weighted by Crippen LogP contribution is -2.50. The molecule has 2 aromatic rings. The number of anilines is 1. The van der Waals surface area contributed by atoms with Crippen molar-refractivity contribution >= 4 is 34.1 Å². The highest BCUT2D eigenvalue weighted by atomic mass is 35.5. The van der Waals surface area contributed by atoms with Crippen LogP contribution in [-0.2, 0) is 14.3 Å².